The van der Waals surface area contributed by atoms with Crippen molar-refractivity contribution in [2.45, 2.75) is 0 Å². The van der Waals surface area contributed by atoms with Crippen LogP contribution < -0.4 is 10.0 Å². The molecule has 0 bridgehead atoms. The summed E-state index contributed by atoms with van der Waals surface area (Å²) >= 11 is 13.1. The maximum absolute atomic E-state index is 12.3. The Labute approximate surface area is 170 Å². The summed E-state index contributed by atoms with van der Waals surface area (Å²) in [6.45, 7) is 0. The first kappa shape index (κ1) is 19.6. The van der Waals surface area contributed by atoms with E-state index < -0.39 is 10.0 Å². The van der Waals surface area contributed by atoms with Crippen molar-refractivity contribution in [3.8, 4) is 11.3 Å². The zero-order valence-corrected chi connectivity index (χ0v) is 17.0. The van der Waals surface area contributed by atoms with Crippen molar-refractivity contribution in [1.82, 2.24) is 4.98 Å². The number of sulfonamides is 1. The second-order valence-electron chi connectivity index (χ2n) is 5.60. The van der Waals surface area contributed by atoms with Crippen LogP contribution in [0.3, 0.4) is 0 Å². The van der Waals surface area contributed by atoms with Gasteiger partial charge in [0, 0.05) is 32.2 Å². The number of benzene rings is 2. The van der Waals surface area contributed by atoms with Gasteiger partial charge >= 0.3 is 0 Å². The number of nitrogens with zero attached hydrogens (tertiary/aromatic N) is 1. The first-order valence-electron chi connectivity index (χ1n) is 7.51. The Morgan fingerprint density at radius 1 is 1.07 bits per heavy atom. The fourth-order valence-electron chi connectivity index (χ4n) is 2.24. The Hall–Kier alpha value is -2.13. The molecule has 1 amide bonds. The highest BCUT2D eigenvalue weighted by Crippen LogP contribution is 2.27. The van der Waals surface area contributed by atoms with Crippen molar-refractivity contribution >= 4 is 61.3 Å². The number of hydrogen-bond donors (Lipinski definition) is 2. The number of amides is 1. The molecule has 1 aromatic heterocycles. The van der Waals surface area contributed by atoms with Gasteiger partial charge in [-0.2, -0.15) is 0 Å². The van der Waals surface area contributed by atoms with Crippen LogP contribution in [0.1, 0.15) is 10.4 Å². The van der Waals surface area contributed by atoms with Crippen LogP contribution in [0.15, 0.2) is 47.8 Å². The molecule has 3 aromatic rings. The van der Waals surface area contributed by atoms with Gasteiger partial charge in [0.2, 0.25) is 10.0 Å². The van der Waals surface area contributed by atoms with E-state index in [0.717, 1.165) is 11.8 Å². The fraction of sp³-hybridized carbons (Fsp3) is 0.0588. The van der Waals surface area contributed by atoms with Crippen LogP contribution >= 0.6 is 34.5 Å². The molecule has 0 aliphatic heterocycles. The molecular weight excluding hydrogens is 429 g/mol. The van der Waals surface area contributed by atoms with E-state index in [0.29, 0.717) is 32.1 Å². The van der Waals surface area contributed by atoms with Crippen molar-refractivity contribution in [1.29, 1.82) is 0 Å². The highest BCUT2D eigenvalue weighted by atomic mass is 35.5. The minimum atomic E-state index is -3.33. The topological polar surface area (TPSA) is 88.2 Å². The van der Waals surface area contributed by atoms with Gasteiger partial charge in [-0.25, -0.2) is 13.4 Å². The summed E-state index contributed by atoms with van der Waals surface area (Å²) in [5.41, 5.74) is 2.24. The molecule has 0 saturated carbocycles. The Balaban J connectivity index is 1.73. The maximum atomic E-state index is 12.3. The normalized spacial score (nSPS) is 11.2. The lowest BCUT2D eigenvalue weighted by atomic mass is 10.1. The molecule has 0 radical (unpaired) electrons. The van der Waals surface area contributed by atoms with Crippen LogP contribution in [0.25, 0.3) is 11.3 Å². The molecule has 3 rings (SSSR count). The first-order valence-corrected chi connectivity index (χ1v) is 11.0. The van der Waals surface area contributed by atoms with Gasteiger partial charge in [-0.05, 0) is 30.3 Å². The van der Waals surface area contributed by atoms with Crippen molar-refractivity contribution in [2.75, 3.05) is 16.3 Å². The van der Waals surface area contributed by atoms with E-state index in [4.69, 9.17) is 23.2 Å². The summed E-state index contributed by atoms with van der Waals surface area (Å²) in [4.78, 5) is 16.7. The third-order valence-electron chi connectivity index (χ3n) is 3.33. The zero-order valence-electron chi connectivity index (χ0n) is 13.9. The van der Waals surface area contributed by atoms with Gasteiger partial charge in [0.15, 0.2) is 5.13 Å². The van der Waals surface area contributed by atoms with Crippen molar-refractivity contribution in [2.24, 2.45) is 0 Å². The standard InChI is InChI=1S/C17H13Cl2N3O3S2/c1-27(24,25)22-14-4-2-10(3-5-14)15-9-26-17(20-15)21-16(23)11-6-12(18)8-13(19)7-11/h2-9,22H,1H3,(H,20,21,23). The molecule has 2 aromatic carbocycles. The predicted molar refractivity (Wildman–Crippen MR) is 110 cm³/mol. The second kappa shape index (κ2) is 7.85. The summed E-state index contributed by atoms with van der Waals surface area (Å²) in [5.74, 6) is -0.368. The van der Waals surface area contributed by atoms with Crippen molar-refractivity contribution in [3.05, 3.63) is 63.5 Å². The molecule has 0 aliphatic carbocycles. The van der Waals surface area contributed by atoms with Gasteiger partial charge in [-0.15, -0.1) is 11.3 Å². The monoisotopic (exact) mass is 441 g/mol. The van der Waals surface area contributed by atoms with E-state index in [9.17, 15) is 13.2 Å². The van der Waals surface area contributed by atoms with Gasteiger partial charge in [-0.1, -0.05) is 35.3 Å². The van der Waals surface area contributed by atoms with E-state index in [2.05, 4.69) is 15.0 Å². The number of nitrogens with one attached hydrogen (secondary N) is 2. The van der Waals surface area contributed by atoms with E-state index in [1.165, 1.54) is 23.5 Å². The highest BCUT2D eigenvalue weighted by Gasteiger charge is 2.12. The largest absolute Gasteiger partial charge is 0.298 e. The molecule has 1 heterocycles. The number of thiazole rings is 1. The number of hydrogen-bond acceptors (Lipinski definition) is 5. The fourth-order valence-corrected chi connectivity index (χ4v) is 4.05. The van der Waals surface area contributed by atoms with Crippen LogP contribution in [-0.4, -0.2) is 25.6 Å². The van der Waals surface area contributed by atoms with Gasteiger partial charge < -0.3 is 0 Å². The molecular formula is C17H13Cl2N3O3S2. The van der Waals surface area contributed by atoms with Crippen LogP contribution in [0.5, 0.6) is 0 Å². The van der Waals surface area contributed by atoms with Crippen LogP contribution in [-0.2, 0) is 10.0 Å². The Morgan fingerprint density at radius 2 is 1.70 bits per heavy atom. The summed E-state index contributed by atoms with van der Waals surface area (Å²) in [6, 6.07) is 11.3. The van der Waals surface area contributed by atoms with Crippen LogP contribution in [0.4, 0.5) is 10.8 Å². The number of carbonyl (C=O) groups excluding carboxylic acids is 1. The van der Waals surface area contributed by atoms with Crippen molar-refractivity contribution < 1.29 is 13.2 Å². The van der Waals surface area contributed by atoms with Crippen molar-refractivity contribution in [3.63, 3.8) is 0 Å². The third kappa shape index (κ3) is 5.43. The maximum Gasteiger partial charge on any atom is 0.257 e. The van der Waals surface area contributed by atoms with Gasteiger partial charge in [0.05, 0.1) is 11.9 Å². The molecule has 0 spiro atoms. The Morgan fingerprint density at radius 3 is 2.30 bits per heavy atom. The molecule has 0 aliphatic rings. The summed E-state index contributed by atoms with van der Waals surface area (Å²) in [5, 5.41) is 5.66. The third-order valence-corrected chi connectivity index (χ3v) is 5.13. The predicted octanol–water partition coefficient (Wildman–Crippen LogP) is 4.74. The SMILES string of the molecule is CS(=O)(=O)Nc1ccc(-c2csc(NC(=O)c3cc(Cl)cc(Cl)c3)n2)cc1. The quantitative estimate of drug-likeness (QED) is 0.598. The molecule has 140 valence electrons. The minimum Gasteiger partial charge on any atom is -0.298 e. The number of aromatic nitrogens is 1. The summed E-state index contributed by atoms with van der Waals surface area (Å²) in [7, 11) is -3.33. The molecule has 0 unspecified atom stereocenters. The molecule has 0 fully saturated rings. The summed E-state index contributed by atoms with van der Waals surface area (Å²) in [6.07, 6.45) is 1.09. The lowest BCUT2D eigenvalue weighted by Gasteiger charge is -2.04. The second-order valence-corrected chi connectivity index (χ2v) is 9.08. The van der Waals surface area contributed by atoms with Crippen LogP contribution in [0.2, 0.25) is 10.0 Å². The molecule has 0 saturated heterocycles. The molecule has 0 atom stereocenters. The smallest absolute Gasteiger partial charge is 0.257 e. The summed E-state index contributed by atoms with van der Waals surface area (Å²) < 4.78 is 24.9. The van der Waals surface area contributed by atoms with Gasteiger partial charge in [0.1, 0.15) is 0 Å². The highest BCUT2D eigenvalue weighted by molar-refractivity contribution is 7.92. The average molecular weight is 442 g/mol. The van der Waals surface area contributed by atoms with E-state index in [1.54, 1.807) is 35.7 Å². The van der Waals surface area contributed by atoms with Gasteiger partial charge in [-0.3, -0.25) is 14.8 Å². The number of halogens is 2. The minimum absolute atomic E-state index is 0.334. The first-order chi connectivity index (χ1) is 12.7. The van der Waals surface area contributed by atoms with Crippen LogP contribution in [0, 0.1) is 0 Å². The number of anilines is 2. The molecule has 6 nitrogen and oxygen atoms in total. The molecule has 2 N–H and O–H groups in total. The van der Waals surface area contributed by atoms with E-state index in [1.807, 2.05) is 0 Å². The van der Waals surface area contributed by atoms with Gasteiger partial charge in [0.25, 0.3) is 5.91 Å². The zero-order chi connectivity index (χ0) is 19.6. The number of carbonyl (C=O) groups is 1. The number of rotatable bonds is 5. The van der Waals surface area contributed by atoms with E-state index >= 15 is 0 Å². The molecule has 27 heavy (non-hydrogen) atoms. The lowest BCUT2D eigenvalue weighted by Crippen LogP contribution is -2.11. The Kier molecular flexibility index (Phi) is 5.71. The van der Waals surface area contributed by atoms with E-state index in [-0.39, 0.29) is 5.91 Å². The molecule has 10 heteroatoms. The average Bonchev–Trinajstić information content (AvgIpc) is 3.01. The lowest BCUT2D eigenvalue weighted by molar-refractivity contribution is 0.102. The Bertz CT molecular complexity index is 1080.